The summed E-state index contributed by atoms with van der Waals surface area (Å²) in [6.07, 6.45) is 11.6. The molecule has 2 saturated carbocycles. The van der Waals surface area contributed by atoms with Gasteiger partial charge in [0.1, 0.15) is 6.07 Å². The van der Waals surface area contributed by atoms with Crippen molar-refractivity contribution in [3.63, 3.8) is 0 Å². The van der Waals surface area contributed by atoms with Crippen LogP contribution in [0.4, 0.5) is 0 Å². The minimum atomic E-state index is -0.662. The molecule has 0 aliphatic heterocycles. The predicted molar refractivity (Wildman–Crippen MR) is 163 cm³/mol. The summed E-state index contributed by atoms with van der Waals surface area (Å²) in [5.41, 5.74) is -0.328. The Morgan fingerprint density at radius 3 is 2.19 bits per heavy atom. The lowest BCUT2D eigenvalue weighted by molar-refractivity contribution is -0.137. The Bertz CT molecular complexity index is 1390. The van der Waals surface area contributed by atoms with Crippen LogP contribution < -0.4 is 0 Å². The Labute approximate surface area is 252 Å². The molecule has 4 aliphatic rings. The molecule has 0 saturated heterocycles. The number of hydrogen-bond donors (Lipinski definition) is 0. The van der Waals surface area contributed by atoms with Gasteiger partial charge in [-0.15, -0.1) is 10.2 Å². The number of nitrogens with zero attached hydrogens (tertiary/aromatic N) is 3. The maximum absolute atomic E-state index is 13.9. The maximum Gasteiger partial charge on any atom is 0.222 e. The molecular formula is C36H51N3O3. The third kappa shape index (κ3) is 4.31. The van der Waals surface area contributed by atoms with Crippen molar-refractivity contribution >= 4 is 11.6 Å². The van der Waals surface area contributed by atoms with Crippen LogP contribution in [0.15, 0.2) is 27.7 Å². The first-order valence-corrected chi connectivity index (χ1v) is 16.2. The molecule has 1 unspecified atom stereocenters. The molecule has 0 bridgehead atoms. The molecule has 6 nitrogen and oxygen atoms in total. The van der Waals surface area contributed by atoms with Crippen LogP contribution in [0.2, 0.25) is 0 Å². The number of carbonyl (C=O) groups excluding carboxylic acids is 2. The van der Waals surface area contributed by atoms with Crippen LogP contribution in [0.1, 0.15) is 138 Å². The SMILES string of the molecule is CC(C)c1nnc(C2(CC[C@]3(C)C(C)C(=O)C=C4[C@@]5(C)C=C(C#N)C(=O)C(C)(C)[C@@H]5CC[C@]43C)CCC(C)(C)CC2)o1. The zero-order valence-electron chi connectivity index (χ0n) is 27.6. The highest BCUT2D eigenvalue weighted by atomic mass is 16.4. The van der Waals surface area contributed by atoms with E-state index in [2.05, 4.69) is 71.7 Å². The van der Waals surface area contributed by atoms with Gasteiger partial charge in [-0.1, -0.05) is 80.9 Å². The van der Waals surface area contributed by atoms with Gasteiger partial charge in [0.05, 0.1) is 5.57 Å². The third-order valence-electron chi connectivity index (χ3n) is 13.1. The maximum atomic E-state index is 13.9. The fraction of sp³-hybridized carbons (Fsp3) is 0.750. The molecular weight excluding hydrogens is 522 g/mol. The zero-order chi connectivity index (χ0) is 31.1. The Balaban J connectivity index is 1.56. The number of aromatic nitrogens is 2. The number of hydrogen-bond acceptors (Lipinski definition) is 6. The molecule has 228 valence electrons. The second-order valence-corrected chi connectivity index (χ2v) is 16.6. The monoisotopic (exact) mass is 573 g/mol. The fourth-order valence-corrected chi connectivity index (χ4v) is 9.51. The molecule has 42 heavy (non-hydrogen) atoms. The average Bonchev–Trinajstić information content (AvgIpc) is 3.43. The largest absolute Gasteiger partial charge is 0.424 e. The molecule has 5 atom stereocenters. The van der Waals surface area contributed by atoms with Gasteiger partial charge in [-0.3, -0.25) is 9.59 Å². The van der Waals surface area contributed by atoms with Gasteiger partial charge in [0, 0.05) is 28.1 Å². The van der Waals surface area contributed by atoms with Gasteiger partial charge in [0.2, 0.25) is 11.8 Å². The summed E-state index contributed by atoms with van der Waals surface area (Å²) in [5, 5.41) is 19.0. The average molecular weight is 574 g/mol. The first-order valence-electron chi connectivity index (χ1n) is 16.2. The van der Waals surface area contributed by atoms with Crippen molar-refractivity contribution in [2.24, 2.45) is 38.9 Å². The Kier molecular flexibility index (Phi) is 7.16. The van der Waals surface area contributed by atoms with Crippen molar-refractivity contribution < 1.29 is 14.0 Å². The summed E-state index contributed by atoms with van der Waals surface area (Å²) in [4.78, 5) is 27.2. The lowest BCUT2D eigenvalue weighted by Gasteiger charge is -2.64. The summed E-state index contributed by atoms with van der Waals surface area (Å²) < 4.78 is 6.38. The molecule has 5 rings (SSSR count). The van der Waals surface area contributed by atoms with Crippen molar-refractivity contribution in [2.45, 2.75) is 132 Å². The number of Topliss-reactive ketones (excluding diaryl/α,β-unsaturated/α-hetero) is 1. The van der Waals surface area contributed by atoms with E-state index in [9.17, 15) is 14.9 Å². The smallest absolute Gasteiger partial charge is 0.222 e. The van der Waals surface area contributed by atoms with E-state index >= 15 is 0 Å². The van der Waals surface area contributed by atoms with Crippen LogP contribution in [-0.4, -0.2) is 21.8 Å². The minimum absolute atomic E-state index is 0.0409. The number of carbonyl (C=O) groups is 2. The second kappa shape index (κ2) is 9.73. The topological polar surface area (TPSA) is 96.9 Å². The van der Waals surface area contributed by atoms with Crippen molar-refractivity contribution in [3.8, 4) is 6.07 Å². The van der Waals surface area contributed by atoms with Crippen LogP contribution in [0.25, 0.3) is 0 Å². The predicted octanol–water partition coefficient (Wildman–Crippen LogP) is 8.44. The van der Waals surface area contributed by atoms with Gasteiger partial charge in [0.25, 0.3) is 0 Å². The lowest BCUT2D eigenvalue weighted by atomic mass is 9.38. The molecule has 1 aromatic heterocycles. The van der Waals surface area contributed by atoms with E-state index in [0.717, 1.165) is 62.8 Å². The molecule has 0 aromatic carbocycles. The van der Waals surface area contributed by atoms with E-state index in [4.69, 9.17) is 4.42 Å². The number of fused-ring (bicyclic) bond motifs is 3. The molecule has 1 heterocycles. The van der Waals surface area contributed by atoms with E-state index < -0.39 is 10.8 Å². The normalized spacial score (nSPS) is 36.9. The fourth-order valence-electron chi connectivity index (χ4n) is 9.51. The van der Waals surface area contributed by atoms with Crippen molar-refractivity contribution in [2.75, 3.05) is 0 Å². The van der Waals surface area contributed by atoms with Crippen LogP contribution in [-0.2, 0) is 15.0 Å². The molecule has 0 spiro atoms. The first-order chi connectivity index (χ1) is 19.4. The highest BCUT2D eigenvalue weighted by Gasteiger charge is 2.65. The highest BCUT2D eigenvalue weighted by molar-refractivity contribution is 6.04. The number of rotatable bonds is 5. The van der Waals surface area contributed by atoms with E-state index in [1.807, 2.05) is 26.0 Å². The molecule has 1 aromatic rings. The second-order valence-electron chi connectivity index (χ2n) is 16.6. The molecule has 4 aliphatic carbocycles. The number of allylic oxidation sites excluding steroid dienone is 4. The van der Waals surface area contributed by atoms with Crippen LogP contribution in [0.5, 0.6) is 0 Å². The summed E-state index contributed by atoms with van der Waals surface area (Å²) in [7, 11) is 0. The molecule has 6 heteroatoms. The molecule has 0 N–H and O–H groups in total. The van der Waals surface area contributed by atoms with Crippen LogP contribution in [0.3, 0.4) is 0 Å². The molecule has 2 fully saturated rings. The van der Waals surface area contributed by atoms with Crippen molar-refractivity contribution in [1.29, 1.82) is 5.26 Å². The minimum Gasteiger partial charge on any atom is -0.424 e. The summed E-state index contributed by atoms with van der Waals surface area (Å²) in [6, 6.07) is 2.20. The highest BCUT2D eigenvalue weighted by Crippen LogP contribution is 2.70. The van der Waals surface area contributed by atoms with Crippen LogP contribution in [0, 0.1) is 50.2 Å². The van der Waals surface area contributed by atoms with Gasteiger partial charge in [-0.05, 0) is 79.6 Å². The van der Waals surface area contributed by atoms with E-state index in [1.165, 1.54) is 0 Å². The van der Waals surface area contributed by atoms with E-state index in [1.54, 1.807) is 0 Å². The van der Waals surface area contributed by atoms with Gasteiger partial charge < -0.3 is 4.42 Å². The van der Waals surface area contributed by atoms with Gasteiger partial charge >= 0.3 is 0 Å². The van der Waals surface area contributed by atoms with Gasteiger partial charge in [-0.25, -0.2) is 0 Å². The lowest BCUT2D eigenvalue weighted by Crippen LogP contribution is -2.59. The molecule has 0 radical (unpaired) electrons. The van der Waals surface area contributed by atoms with Gasteiger partial charge in [0.15, 0.2) is 11.6 Å². The zero-order valence-corrected chi connectivity index (χ0v) is 27.6. The Hall–Kier alpha value is -2.55. The number of ketones is 2. The number of nitriles is 1. The summed E-state index contributed by atoms with van der Waals surface area (Å²) >= 11 is 0. The Morgan fingerprint density at radius 2 is 1.62 bits per heavy atom. The quantitative estimate of drug-likeness (QED) is 0.351. The van der Waals surface area contributed by atoms with E-state index in [0.29, 0.717) is 5.89 Å². The van der Waals surface area contributed by atoms with Crippen LogP contribution >= 0.6 is 0 Å². The molecule has 0 amide bonds. The first kappa shape index (κ1) is 30.9. The third-order valence-corrected chi connectivity index (χ3v) is 13.1. The van der Waals surface area contributed by atoms with E-state index in [-0.39, 0.29) is 56.6 Å². The standard InChI is InChI=1S/C36H51N3O3/c1-22(2)29-38-39-30(42-29)36(16-13-31(4,5)14-17-36)18-15-34(9)23(3)25(40)19-27-33(8)20-24(21-37)28(41)32(6,7)26(33)11-12-35(27,34)10/h19-20,22-23,26H,11-18H2,1-10H3/t23?,26-,33-,34+,35+/m0/s1. The summed E-state index contributed by atoms with van der Waals surface area (Å²) in [6.45, 7) is 21.8. The summed E-state index contributed by atoms with van der Waals surface area (Å²) in [5.74, 6) is 1.63. The van der Waals surface area contributed by atoms with Gasteiger partial charge in [-0.2, -0.15) is 5.26 Å². The van der Waals surface area contributed by atoms with Crippen molar-refractivity contribution in [1.82, 2.24) is 10.2 Å². The Morgan fingerprint density at radius 1 is 0.976 bits per heavy atom. The van der Waals surface area contributed by atoms with Crippen molar-refractivity contribution in [3.05, 3.63) is 35.1 Å².